The molecule has 178 valence electrons. The molecule has 0 aliphatic carbocycles. The molecule has 0 saturated carbocycles. The first-order chi connectivity index (χ1) is 15.4. The van der Waals surface area contributed by atoms with Gasteiger partial charge in [0.05, 0.1) is 24.8 Å². The molecule has 4 bridgehead atoms. The van der Waals surface area contributed by atoms with Crippen molar-refractivity contribution in [3.05, 3.63) is 47.8 Å². The van der Waals surface area contributed by atoms with E-state index >= 15 is 0 Å². The van der Waals surface area contributed by atoms with Crippen molar-refractivity contribution in [2.75, 3.05) is 6.54 Å². The molecule has 1 saturated heterocycles. The number of benzene rings is 1. The molecule has 3 amide bonds. The summed E-state index contributed by atoms with van der Waals surface area (Å²) in [4.78, 5) is 39.0. The maximum absolute atomic E-state index is 13.1. The fourth-order valence-corrected chi connectivity index (χ4v) is 4.10. The van der Waals surface area contributed by atoms with E-state index in [4.69, 9.17) is 0 Å². The number of nitrogens with zero attached hydrogens (tertiary/aromatic N) is 3. The number of amides is 3. The smallest absolute Gasteiger partial charge is 0.243 e. The van der Waals surface area contributed by atoms with E-state index in [2.05, 4.69) is 31.6 Å². The van der Waals surface area contributed by atoms with E-state index in [0.717, 1.165) is 5.56 Å². The van der Waals surface area contributed by atoms with Crippen LogP contribution in [0, 0.1) is 5.92 Å². The van der Waals surface area contributed by atoms with Crippen LogP contribution in [0.4, 0.5) is 0 Å². The minimum absolute atomic E-state index is 0. The molecule has 10 nitrogen and oxygen atoms in total. The summed E-state index contributed by atoms with van der Waals surface area (Å²) in [5, 5.41) is 20.1. The quantitative estimate of drug-likeness (QED) is 0.498. The van der Waals surface area contributed by atoms with Gasteiger partial charge < -0.3 is 21.3 Å². The zero-order chi connectivity index (χ0) is 22.7. The minimum atomic E-state index is -0.794. The van der Waals surface area contributed by atoms with Gasteiger partial charge in [0.15, 0.2) is 0 Å². The largest absolute Gasteiger partial charge is 0.349 e. The van der Waals surface area contributed by atoms with Crippen molar-refractivity contribution in [3.8, 4) is 0 Å². The summed E-state index contributed by atoms with van der Waals surface area (Å²) in [5.74, 6) is -1.08. The molecule has 33 heavy (non-hydrogen) atoms. The highest BCUT2D eigenvalue weighted by Crippen LogP contribution is 2.20. The van der Waals surface area contributed by atoms with Crippen LogP contribution in [0.2, 0.25) is 0 Å². The van der Waals surface area contributed by atoms with Crippen LogP contribution in [0.15, 0.2) is 36.5 Å². The third kappa shape index (κ3) is 5.88. The van der Waals surface area contributed by atoms with Crippen LogP contribution < -0.4 is 21.3 Å². The van der Waals surface area contributed by atoms with E-state index in [1.54, 1.807) is 10.9 Å². The Labute approximate surface area is 198 Å². The summed E-state index contributed by atoms with van der Waals surface area (Å²) >= 11 is 0. The van der Waals surface area contributed by atoms with Gasteiger partial charge in [-0.3, -0.25) is 14.4 Å². The standard InChI is InChI=1S/C22H29N7O3.ClH/c1-13(2)19-22(32)25-18(8-14-6-4-3-5-7-14)20(30)24-10-15-12-29(28-27-15)16-9-17(23-11-16)21(31)26-19;/h3-7,12-13,16-19,23H,8-11H2,1-2H3,(H,24,30)(H,25,32)(H,26,31);1H/t16-,17-,18+,19-;/m0./s1. The van der Waals surface area contributed by atoms with Crippen LogP contribution in [0.5, 0.6) is 0 Å². The molecule has 1 aromatic heterocycles. The number of carbonyl (C=O) groups excluding carboxylic acids is 3. The molecular formula is C22H30ClN7O3. The molecule has 11 heteroatoms. The van der Waals surface area contributed by atoms with Gasteiger partial charge in [-0.25, -0.2) is 4.68 Å². The van der Waals surface area contributed by atoms with E-state index in [1.807, 2.05) is 44.2 Å². The van der Waals surface area contributed by atoms with Crippen LogP contribution in [0.25, 0.3) is 0 Å². The molecule has 4 N–H and O–H groups in total. The van der Waals surface area contributed by atoms with Crippen molar-refractivity contribution >= 4 is 30.1 Å². The van der Waals surface area contributed by atoms with Gasteiger partial charge in [-0.15, -0.1) is 17.5 Å². The van der Waals surface area contributed by atoms with Crippen LogP contribution in [-0.2, 0) is 27.3 Å². The fourth-order valence-electron chi connectivity index (χ4n) is 4.10. The SMILES string of the molecule is CC(C)[C@@H]1NC(=O)[C@@H]2C[C@@H](CN2)n2cc(nn2)CNC(=O)[C@@H](Cc2ccccc2)NC1=O.Cl. The molecule has 3 heterocycles. The number of aromatic nitrogens is 3. The number of hydrogen-bond donors (Lipinski definition) is 4. The molecular weight excluding hydrogens is 446 g/mol. The molecule has 0 spiro atoms. The topological polar surface area (TPSA) is 130 Å². The summed E-state index contributed by atoms with van der Waals surface area (Å²) in [5.41, 5.74) is 1.54. The summed E-state index contributed by atoms with van der Waals surface area (Å²) in [6.07, 6.45) is 2.66. The Balaban J connectivity index is 0.00000306. The highest BCUT2D eigenvalue weighted by atomic mass is 35.5. The molecule has 4 rings (SSSR count). The molecule has 2 aliphatic heterocycles. The lowest BCUT2D eigenvalue weighted by Crippen LogP contribution is -2.57. The maximum atomic E-state index is 13.1. The van der Waals surface area contributed by atoms with Crippen molar-refractivity contribution < 1.29 is 14.4 Å². The van der Waals surface area contributed by atoms with Gasteiger partial charge in [-0.2, -0.15) is 0 Å². The average Bonchev–Trinajstić information content (AvgIpc) is 3.44. The Bertz CT molecular complexity index is 981. The highest BCUT2D eigenvalue weighted by Gasteiger charge is 2.35. The van der Waals surface area contributed by atoms with Gasteiger partial charge in [0.2, 0.25) is 17.7 Å². The van der Waals surface area contributed by atoms with Gasteiger partial charge in [0.1, 0.15) is 17.8 Å². The van der Waals surface area contributed by atoms with Crippen molar-refractivity contribution in [2.45, 2.75) is 57.4 Å². The summed E-state index contributed by atoms with van der Waals surface area (Å²) in [6, 6.07) is 7.49. The lowest BCUT2D eigenvalue weighted by Gasteiger charge is -2.26. The summed E-state index contributed by atoms with van der Waals surface area (Å²) < 4.78 is 1.73. The normalized spacial score (nSPS) is 25.8. The van der Waals surface area contributed by atoms with Crippen molar-refractivity contribution in [1.29, 1.82) is 0 Å². The van der Waals surface area contributed by atoms with Crippen molar-refractivity contribution in [1.82, 2.24) is 36.3 Å². The number of fused-ring (bicyclic) bond motifs is 5. The van der Waals surface area contributed by atoms with Gasteiger partial charge in [-0.1, -0.05) is 49.4 Å². The lowest BCUT2D eigenvalue weighted by atomic mass is 10.0. The average molecular weight is 476 g/mol. The Kier molecular flexibility index (Phi) is 8.04. The Morgan fingerprint density at radius 2 is 1.82 bits per heavy atom. The molecule has 1 fully saturated rings. The molecule has 0 unspecified atom stereocenters. The minimum Gasteiger partial charge on any atom is -0.349 e. The first-order valence-corrected chi connectivity index (χ1v) is 11.0. The Morgan fingerprint density at radius 3 is 2.55 bits per heavy atom. The van der Waals surface area contributed by atoms with Gasteiger partial charge in [-0.05, 0) is 17.9 Å². The van der Waals surface area contributed by atoms with Crippen LogP contribution in [0.1, 0.15) is 37.6 Å². The highest BCUT2D eigenvalue weighted by molar-refractivity contribution is 5.93. The zero-order valence-electron chi connectivity index (χ0n) is 18.7. The molecule has 2 aliphatic rings. The van der Waals surface area contributed by atoms with E-state index < -0.39 is 18.1 Å². The predicted molar refractivity (Wildman–Crippen MR) is 123 cm³/mol. The molecule has 4 atom stereocenters. The maximum Gasteiger partial charge on any atom is 0.243 e. The number of rotatable bonds is 3. The Hall–Kier alpha value is -2.98. The summed E-state index contributed by atoms with van der Waals surface area (Å²) in [7, 11) is 0. The van der Waals surface area contributed by atoms with Crippen LogP contribution >= 0.6 is 12.4 Å². The second-order valence-electron chi connectivity index (χ2n) is 8.74. The number of carbonyl (C=O) groups is 3. The van der Waals surface area contributed by atoms with E-state index in [9.17, 15) is 14.4 Å². The number of halogens is 1. The van der Waals surface area contributed by atoms with Crippen molar-refractivity contribution in [3.63, 3.8) is 0 Å². The second-order valence-corrected chi connectivity index (χ2v) is 8.74. The third-order valence-electron chi connectivity index (χ3n) is 5.96. The van der Waals surface area contributed by atoms with Gasteiger partial charge >= 0.3 is 0 Å². The van der Waals surface area contributed by atoms with Gasteiger partial charge in [0, 0.05) is 13.0 Å². The zero-order valence-corrected chi connectivity index (χ0v) is 19.5. The first kappa shape index (κ1) is 24.7. The fraction of sp³-hybridized carbons (Fsp3) is 0.500. The Morgan fingerprint density at radius 1 is 1.06 bits per heavy atom. The first-order valence-electron chi connectivity index (χ1n) is 11.0. The van der Waals surface area contributed by atoms with Gasteiger partial charge in [0.25, 0.3) is 0 Å². The molecule has 0 radical (unpaired) electrons. The monoisotopic (exact) mass is 475 g/mol. The van der Waals surface area contributed by atoms with Crippen LogP contribution in [-0.4, -0.2) is 57.4 Å². The molecule has 2 aromatic rings. The van der Waals surface area contributed by atoms with E-state index in [1.165, 1.54) is 0 Å². The second kappa shape index (κ2) is 10.8. The number of nitrogens with one attached hydrogen (secondary N) is 4. The van der Waals surface area contributed by atoms with E-state index in [0.29, 0.717) is 25.1 Å². The predicted octanol–water partition coefficient (Wildman–Crippen LogP) is 0.101. The third-order valence-corrected chi connectivity index (χ3v) is 5.96. The summed E-state index contributed by atoms with van der Waals surface area (Å²) in [6.45, 7) is 4.51. The van der Waals surface area contributed by atoms with Crippen LogP contribution in [0.3, 0.4) is 0 Å². The molecule has 1 aromatic carbocycles. The lowest BCUT2D eigenvalue weighted by molar-refractivity contribution is -0.133. The number of hydrogen-bond acceptors (Lipinski definition) is 6. The van der Waals surface area contributed by atoms with Crippen molar-refractivity contribution in [2.24, 2.45) is 5.92 Å². The van der Waals surface area contributed by atoms with E-state index in [-0.39, 0.29) is 48.6 Å².